The molecule has 1 aromatic rings. The summed E-state index contributed by atoms with van der Waals surface area (Å²) in [5.41, 5.74) is 3.01. The molecular weight excluding hydrogens is 368 g/mol. The summed E-state index contributed by atoms with van der Waals surface area (Å²) < 4.78 is 16.0. The number of nitrogens with two attached hydrogens (primary N) is 1. The summed E-state index contributed by atoms with van der Waals surface area (Å²) in [4.78, 5) is 35.6. The fraction of sp³-hybridized carbons (Fsp3) is 0.526. The minimum atomic E-state index is -1.45. The van der Waals surface area contributed by atoms with Crippen molar-refractivity contribution in [3.05, 3.63) is 23.8 Å². The molecule has 2 amide bonds. The number of carbonyl (C=O) groups excluding carboxylic acids is 2. The van der Waals surface area contributed by atoms with Gasteiger partial charge in [0.1, 0.15) is 5.54 Å². The van der Waals surface area contributed by atoms with Crippen LogP contribution in [-0.4, -0.2) is 54.9 Å². The lowest BCUT2D eigenvalue weighted by Gasteiger charge is -2.58. The molecule has 2 atom stereocenters. The quantitative estimate of drug-likeness (QED) is 0.567. The van der Waals surface area contributed by atoms with Crippen molar-refractivity contribution >= 4 is 17.8 Å². The standard InChI is InChI=1S/C19H26N2O7/c1-5-27-14-9-19(17(24)25,18(14,2)3)21-16(23)11-6-7-12(13(8-11)26-4)28-10-15(20)22/h6-8,14H,5,9-10H2,1-4H3,(H2,20,22)(H,21,23)(H,24,25). The number of rotatable bonds is 9. The highest BCUT2D eigenvalue weighted by Gasteiger charge is 2.66. The van der Waals surface area contributed by atoms with Gasteiger partial charge in [-0.3, -0.25) is 9.59 Å². The zero-order valence-electron chi connectivity index (χ0n) is 16.4. The van der Waals surface area contributed by atoms with Gasteiger partial charge in [-0.15, -0.1) is 0 Å². The number of carboxylic acids is 1. The van der Waals surface area contributed by atoms with Gasteiger partial charge in [0.15, 0.2) is 18.1 Å². The molecule has 0 saturated heterocycles. The summed E-state index contributed by atoms with van der Waals surface area (Å²) in [5, 5.41) is 12.5. The Labute approximate surface area is 163 Å². The molecule has 0 radical (unpaired) electrons. The van der Waals surface area contributed by atoms with Crippen molar-refractivity contribution in [2.45, 2.75) is 38.8 Å². The molecule has 1 aliphatic rings. The fourth-order valence-electron chi connectivity index (χ4n) is 3.38. The first kappa shape index (κ1) is 21.5. The van der Waals surface area contributed by atoms with E-state index in [4.69, 9.17) is 19.9 Å². The van der Waals surface area contributed by atoms with Crippen LogP contribution in [0, 0.1) is 5.41 Å². The second-order valence-corrected chi connectivity index (χ2v) is 7.16. The molecule has 1 aliphatic carbocycles. The second kappa shape index (κ2) is 8.05. The van der Waals surface area contributed by atoms with Crippen LogP contribution in [0.15, 0.2) is 18.2 Å². The van der Waals surface area contributed by atoms with Crippen molar-refractivity contribution < 1.29 is 33.7 Å². The summed E-state index contributed by atoms with van der Waals surface area (Å²) in [6.07, 6.45) is -0.0979. The van der Waals surface area contributed by atoms with Crippen LogP contribution in [0.5, 0.6) is 11.5 Å². The van der Waals surface area contributed by atoms with Crippen molar-refractivity contribution in [2.75, 3.05) is 20.3 Å². The molecule has 2 unspecified atom stereocenters. The maximum atomic E-state index is 12.8. The molecule has 1 fully saturated rings. The maximum Gasteiger partial charge on any atom is 0.330 e. The smallest absolute Gasteiger partial charge is 0.330 e. The SMILES string of the molecule is CCOC1CC(NC(=O)c2ccc(OCC(N)=O)c(OC)c2)(C(=O)O)C1(C)C. The number of hydrogen-bond donors (Lipinski definition) is 3. The van der Waals surface area contributed by atoms with Gasteiger partial charge < -0.3 is 30.4 Å². The molecule has 28 heavy (non-hydrogen) atoms. The number of primary amides is 1. The van der Waals surface area contributed by atoms with Crippen molar-refractivity contribution in [3.8, 4) is 11.5 Å². The van der Waals surface area contributed by atoms with Crippen LogP contribution in [-0.2, 0) is 14.3 Å². The van der Waals surface area contributed by atoms with Gasteiger partial charge in [-0.05, 0) is 25.1 Å². The number of carboxylic acid groups (broad SMARTS) is 1. The molecule has 0 bridgehead atoms. The molecular formula is C19H26N2O7. The summed E-state index contributed by atoms with van der Waals surface area (Å²) in [7, 11) is 1.38. The van der Waals surface area contributed by atoms with Crippen LogP contribution in [0.25, 0.3) is 0 Å². The Hall–Kier alpha value is -2.81. The van der Waals surface area contributed by atoms with Gasteiger partial charge in [-0.25, -0.2) is 4.79 Å². The van der Waals surface area contributed by atoms with E-state index >= 15 is 0 Å². The Kier molecular flexibility index (Phi) is 6.18. The van der Waals surface area contributed by atoms with Gasteiger partial charge >= 0.3 is 5.97 Å². The lowest BCUT2D eigenvalue weighted by molar-refractivity contribution is -0.190. The minimum absolute atomic E-state index is 0.172. The van der Waals surface area contributed by atoms with E-state index in [9.17, 15) is 19.5 Å². The molecule has 154 valence electrons. The number of hydrogen-bond acceptors (Lipinski definition) is 6. The molecule has 0 aliphatic heterocycles. The van der Waals surface area contributed by atoms with Crippen LogP contribution in [0.4, 0.5) is 0 Å². The first-order chi connectivity index (χ1) is 13.1. The zero-order chi connectivity index (χ0) is 21.1. The topological polar surface area (TPSA) is 137 Å². The first-order valence-electron chi connectivity index (χ1n) is 8.85. The van der Waals surface area contributed by atoms with E-state index in [1.807, 2.05) is 6.92 Å². The van der Waals surface area contributed by atoms with Crippen molar-refractivity contribution in [3.63, 3.8) is 0 Å². The average molecular weight is 394 g/mol. The van der Waals surface area contributed by atoms with E-state index in [1.165, 1.54) is 25.3 Å². The van der Waals surface area contributed by atoms with E-state index in [1.54, 1.807) is 13.8 Å². The van der Waals surface area contributed by atoms with Gasteiger partial charge in [0.2, 0.25) is 0 Å². The van der Waals surface area contributed by atoms with Crippen molar-refractivity contribution in [1.82, 2.24) is 5.32 Å². The zero-order valence-corrected chi connectivity index (χ0v) is 16.4. The third kappa shape index (κ3) is 3.75. The molecule has 2 rings (SSSR count). The fourth-order valence-corrected chi connectivity index (χ4v) is 3.38. The Bertz CT molecular complexity index is 778. The van der Waals surface area contributed by atoms with Crippen LogP contribution in [0.2, 0.25) is 0 Å². The lowest BCUT2D eigenvalue weighted by Crippen LogP contribution is -2.76. The Morgan fingerprint density at radius 2 is 1.96 bits per heavy atom. The number of methoxy groups -OCH3 is 1. The van der Waals surface area contributed by atoms with Gasteiger partial charge in [-0.1, -0.05) is 13.8 Å². The van der Waals surface area contributed by atoms with E-state index in [2.05, 4.69) is 5.32 Å². The van der Waals surface area contributed by atoms with Gasteiger partial charge in [-0.2, -0.15) is 0 Å². The van der Waals surface area contributed by atoms with Crippen LogP contribution in [0.1, 0.15) is 37.6 Å². The summed E-state index contributed by atoms with van der Waals surface area (Å²) in [6, 6.07) is 4.32. The predicted octanol–water partition coefficient (Wildman–Crippen LogP) is 0.948. The molecule has 0 heterocycles. The summed E-state index contributed by atoms with van der Waals surface area (Å²) in [5.74, 6) is -1.87. The van der Waals surface area contributed by atoms with Gasteiger partial charge in [0.25, 0.3) is 11.8 Å². The third-order valence-corrected chi connectivity index (χ3v) is 5.25. The Morgan fingerprint density at radius 1 is 1.29 bits per heavy atom. The molecule has 0 aromatic heterocycles. The monoisotopic (exact) mass is 394 g/mol. The maximum absolute atomic E-state index is 12.8. The molecule has 4 N–H and O–H groups in total. The lowest BCUT2D eigenvalue weighted by atomic mass is 9.54. The minimum Gasteiger partial charge on any atom is -0.493 e. The largest absolute Gasteiger partial charge is 0.493 e. The number of amides is 2. The van der Waals surface area contributed by atoms with Crippen LogP contribution in [0.3, 0.4) is 0 Å². The van der Waals surface area contributed by atoms with Crippen LogP contribution >= 0.6 is 0 Å². The highest BCUT2D eigenvalue weighted by atomic mass is 16.5. The van der Waals surface area contributed by atoms with E-state index in [0.29, 0.717) is 6.61 Å². The number of aliphatic carboxylic acids is 1. The second-order valence-electron chi connectivity index (χ2n) is 7.16. The molecule has 1 saturated carbocycles. The van der Waals surface area contributed by atoms with E-state index < -0.39 is 28.7 Å². The summed E-state index contributed by atoms with van der Waals surface area (Å²) >= 11 is 0. The van der Waals surface area contributed by atoms with Crippen LogP contribution < -0.4 is 20.5 Å². The number of carbonyl (C=O) groups is 3. The highest BCUT2D eigenvalue weighted by Crippen LogP contribution is 2.51. The summed E-state index contributed by atoms with van der Waals surface area (Å²) in [6.45, 7) is 5.47. The molecule has 1 aromatic carbocycles. The molecule has 0 spiro atoms. The molecule has 9 nitrogen and oxygen atoms in total. The Morgan fingerprint density at radius 3 is 2.46 bits per heavy atom. The van der Waals surface area contributed by atoms with E-state index in [-0.39, 0.29) is 36.2 Å². The average Bonchev–Trinajstić information content (AvgIpc) is 2.64. The molecule has 9 heteroatoms. The normalized spacial score (nSPS) is 22.6. The van der Waals surface area contributed by atoms with Gasteiger partial charge in [0.05, 0.1) is 13.2 Å². The number of nitrogens with one attached hydrogen (secondary N) is 1. The van der Waals surface area contributed by atoms with E-state index in [0.717, 1.165) is 0 Å². The number of benzene rings is 1. The first-order valence-corrected chi connectivity index (χ1v) is 8.85. The van der Waals surface area contributed by atoms with Crippen molar-refractivity contribution in [2.24, 2.45) is 11.1 Å². The Balaban J connectivity index is 2.23. The predicted molar refractivity (Wildman–Crippen MR) is 99.3 cm³/mol. The highest BCUT2D eigenvalue weighted by molar-refractivity contribution is 5.99. The number of ether oxygens (including phenoxy) is 3. The third-order valence-electron chi connectivity index (χ3n) is 5.25. The van der Waals surface area contributed by atoms with Gasteiger partial charge in [0, 0.05) is 24.0 Å². The van der Waals surface area contributed by atoms with Crippen molar-refractivity contribution in [1.29, 1.82) is 0 Å².